The van der Waals surface area contributed by atoms with Crippen molar-refractivity contribution in [1.29, 1.82) is 0 Å². The van der Waals surface area contributed by atoms with E-state index in [-0.39, 0.29) is 5.91 Å². The lowest BCUT2D eigenvalue weighted by Gasteiger charge is -2.29. The third-order valence-corrected chi connectivity index (χ3v) is 4.94. The van der Waals surface area contributed by atoms with E-state index in [2.05, 4.69) is 10.3 Å². The third kappa shape index (κ3) is 3.31. The number of aromatic nitrogens is 1. The number of carbonyl (C=O) groups excluding carboxylic acids is 1. The molecule has 0 spiro atoms. The van der Waals surface area contributed by atoms with Crippen LogP contribution in [0.15, 0.2) is 30.6 Å². The standard InChI is InChI=1S/C20H23N3O3/c1-25-18-8-13-5-6-23(12-15(13)9-19(18)26-2)20(24)14-7-17(11-21-10-14)22-16-3-4-16/h7-11,16,22H,3-6,12H2,1-2H3. The fourth-order valence-electron chi connectivity index (χ4n) is 3.34. The lowest BCUT2D eigenvalue weighted by atomic mass is 9.98. The van der Waals surface area contributed by atoms with Gasteiger partial charge in [-0.2, -0.15) is 0 Å². The Morgan fingerprint density at radius 2 is 1.85 bits per heavy atom. The summed E-state index contributed by atoms with van der Waals surface area (Å²) in [5.41, 5.74) is 3.85. The molecular weight excluding hydrogens is 330 g/mol. The van der Waals surface area contributed by atoms with Gasteiger partial charge in [-0.1, -0.05) is 0 Å². The van der Waals surface area contributed by atoms with E-state index in [1.165, 1.54) is 18.4 Å². The number of nitrogens with zero attached hydrogens (tertiary/aromatic N) is 2. The second-order valence-electron chi connectivity index (χ2n) is 6.83. The Hall–Kier alpha value is -2.76. The number of fused-ring (bicyclic) bond motifs is 1. The molecule has 1 aromatic heterocycles. The van der Waals surface area contributed by atoms with Crippen molar-refractivity contribution in [2.24, 2.45) is 0 Å². The normalized spacial score (nSPS) is 16.0. The number of ether oxygens (including phenoxy) is 2. The Balaban J connectivity index is 1.53. The molecule has 1 N–H and O–H groups in total. The smallest absolute Gasteiger partial charge is 0.255 e. The van der Waals surface area contributed by atoms with Crippen LogP contribution in [0.3, 0.4) is 0 Å². The SMILES string of the molecule is COc1cc2c(cc1OC)CN(C(=O)c1cncc(NC3CC3)c1)CC2. The molecule has 6 heteroatoms. The van der Waals surface area contributed by atoms with E-state index in [0.29, 0.717) is 30.4 Å². The zero-order valence-electron chi connectivity index (χ0n) is 15.1. The number of carbonyl (C=O) groups is 1. The second kappa shape index (κ2) is 6.86. The highest BCUT2D eigenvalue weighted by Crippen LogP contribution is 2.33. The van der Waals surface area contributed by atoms with Crippen LogP contribution in [0.1, 0.15) is 34.3 Å². The van der Waals surface area contributed by atoms with Crippen molar-refractivity contribution in [3.8, 4) is 11.5 Å². The molecule has 1 amide bonds. The van der Waals surface area contributed by atoms with Crippen LogP contribution >= 0.6 is 0 Å². The molecule has 1 fully saturated rings. The van der Waals surface area contributed by atoms with Crippen molar-refractivity contribution < 1.29 is 14.3 Å². The van der Waals surface area contributed by atoms with Gasteiger partial charge in [0.25, 0.3) is 5.91 Å². The average molecular weight is 353 g/mol. The summed E-state index contributed by atoms with van der Waals surface area (Å²) < 4.78 is 10.8. The highest BCUT2D eigenvalue weighted by atomic mass is 16.5. The first kappa shape index (κ1) is 16.7. The van der Waals surface area contributed by atoms with E-state index >= 15 is 0 Å². The van der Waals surface area contributed by atoms with Crippen molar-refractivity contribution in [3.05, 3.63) is 47.3 Å². The van der Waals surface area contributed by atoms with Crippen LogP contribution in [0.2, 0.25) is 0 Å². The minimum atomic E-state index is 0.0115. The number of hydrogen-bond acceptors (Lipinski definition) is 5. The molecule has 0 unspecified atom stereocenters. The average Bonchev–Trinajstić information content (AvgIpc) is 3.50. The summed E-state index contributed by atoms with van der Waals surface area (Å²) in [6.07, 6.45) is 6.59. The largest absolute Gasteiger partial charge is 0.493 e. The summed E-state index contributed by atoms with van der Waals surface area (Å²) in [5.74, 6) is 1.43. The molecule has 2 heterocycles. The maximum Gasteiger partial charge on any atom is 0.255 e. The molecular formula is C20H23N3O3. The number of nitrogens with one attached hydrogen (secondary N) is 1. The zero-order chi connectivity index (χ0) is 18.1. The quantitative estimate of drug-likeness (QED) is 0.895. The van der Waals surface area contributed by atoms with Gasteiger partial charge >= 0.3 is 0 Å². The van der Waals surface area contributed by atoms with E-state index in [0.717, 1.165) is 23.4 Å². The fourth-order valence-corrected chi connectivity index (χ4v) is 3.34. The molecule has 26 heavy (non-hydrogen) atoms. The summed E-state index contributed by atoms with van der Waals surface area (Å²) in [5, 5.41) is 3.39. The minimum absolute atomic E-state index is 0.0115. The topological polar surface area (TPSA) is 63.7 Å². The van der Waals surface area contributed by atoms with Gasteiger partial charge in [-0.15, -0.1) is 0 Å². The van der Waals surface area contributed by atoms with Crippen LogP contribution in [0.4, 0.5) is 5.69 Å². The lowest BCUT2D eigenvalue weighted by Crippen LogP contribution is -2.36. The van der Waals surface area contributed by atoms with Crippen LogP contribution in [0, 0.1) is 0 Å². The van der Waals surface area contributed by atoms with Gasteiger partial charge in [0.05, 0.1) is 25.5 Å². The number of amides is 1. The molecule has 0 saturated heterocycles. The first-order valence-electron chi connectivity index (χ1n) is 8.92. The van der Waals surface area contributed by atoms with Crippen LogP contribution in [-0.2, 0) is 13.0 Å². The highest BCUT2D eigenvalue weighted by Gasteiger charge is 2.25. The first-order chi connectivity index (χ1) is 12.7. The van der Waals surface area contributed by atoms with Crippen molar-refractivity contribution in [3.63, 3.8) is 0 Å². The van der Waals surface area contributed by atoms with Crippen molar-refractivity contribution >= 4 is 11.6 Å². The maximum absolute atomic E-state index is 12.9. The summed E-state index contributed by atoms with van der Waals surface area (Å²) >= 11 is 0. The number of pyridine rings is 1. The van der Waals surface area contributed by atoms with E-state index < -0.39 is 0 Å². The molecule has 1 aromatic carbocycles. The maximum atomic E-state index is 12.9. The molecule has 1 aliphatic carbocycles. The highest BCUT2D eigenvalue weighted by molar-refractivity contribution is 5.95. The number of hydrogen-bond donors (Lipinski definition) is 1. The summed E-state index contributed by atoms with van der Waals surface area (Å²) in [6.45, 7) is 1.25. The number of methoxy groups -OCH3 is 2. The Morgan fingerprint density at radius 3 is 2.54 bits per heavy atom. The van der Waals surface area contributed by atoms with Crippen LogP contribution in [0.5, 0.6) is 11.5 Å². The summed E-state index contributed by atoms with van der Waals surface area (Å²) in [4.78, 5) is 19.0. The van der Waals surface area contributed by atoms with E-state index in [9.17, 15) is 4.79 Å². The van der Waals surface area contributed by atoms with Gasteiger partial charge in [0.15, 0.2) is 11.5 Å². The molecule has 2 aliphatic rings. The van der Waals surface area contributed by atoms with Crippen LogP contribution in [-0.4, -0.2) is 42.6 Å². The predicted molar refractivity (Wildman–Crippen MR) is 98.9 cm³/mol. The monoisotopic (exact) mass is 353 g/mol. The van der Waals surface area contributed by atoms with Crippen LogP contribution in [0.25, 0.3) is 0 Å². The van der Waals surface area contributed by atoms with Crippen molar-refractivity contribution in [1.82, 2.24) is 9.88 Å². The number of benzene rings is 1. The van der Waals surface area contributed by atoms with Gasteiger partial charge < -0.3 is 19.7 Å². The van der Waals surface area contributed by atoms with Gasteiger partial charge in [0.2, 0.25) is 0 Å². The molecule has 136 valence electrons. The summed E-state index contributed by atoms with van der Waals surface area (Å²) in [7, 11) is 3.26. The molecule has 0 radical (unpaired) electrons. The fraction of sp³-hybridized carbons (Fsp3) is 0.400. The van der Waals surface area contributed by atoms with Crippen LogP contribution < -0.4 is 14.8 Å². The van der Waals surface area contributed by atoms with E-state index in [4.69, 9.17) is 9.47 Å². The molecule has 1 aliphatic heterocycles. The summed E-state index contributed by atoms with van der Waals surface area (Å²) in [6, 6.07) is 6.42. The molecule has 0 bridgehead atoms. The zero-order valence-corrected chi connectivity index (χ0v) is 15.1. The lowest BCUT2D eigenvalue weighted by molar-refractivity contribution is 0.0734. The minimum Gasteiger partial charge on any atom is -0.493 e. The Morgan fingerprint density at radius 1 is 1.12 bits per heavy atom. The predicted octanol–water partition coefficient (Wildman–Crippen LogP) is 2.87. The van der Waals surface area contributed by atoms with Gasteiger partial charge in [-0.25, -0.2) is 0 Å². The van der Waals surface area contributed by atoms with Gasteiger partial charge in [-0.05, 0) is 48.6 Å². The first-order valence-corrected chi connectivity index (χ1v) is 8.92. The molecule has 1 saturated carbocycles. The van der Waals surface area contributed by atoms with Gasteiger partial charge in [-0.3, -0.25) is 9.78 Å². The number of rotatable bonds is 5. The molecule has 2 aromatic rings. The second-order valence-corrected chi connectivity index (χ2v) is 6.83. The van der Waals surface area contributed by atoms with Crippen molar-refractivity contribution in [2.45, 2.75) is 31.8 Å². The third-order valence-electron chi connectivity index (χ3n) is 4.94. The Kier molecular flexibility index (Phi) is 4.41. The van der Waals surface area contributed by atoms with Crippen molar-refractivity contribution in [2.75, 3.05) is 26.1 Å². The molecule has 4 rings (SSSR count). The molecule has 6 nitrogen and oxygen atoms in total. The molecule has 0 atom stereocenters. The number of anilines is 1. The van der Waals surface area contributed by atoms with Gasteiger partial charge in [0.1, 0.15) is 0 Å². The Bertz CT molecular complexity index is 833. The Labute approximate surface area is 153 Å². The van der Waals surface area contributed by atoms with Gasteiger partial charge in [0, 0.05) is 31.5 Å². The van der Waals surface area contributed by atoms with E-state index in [1.54, 1.807) is 26.6 Å². The van der Waals surface area contributed by atoms with E-state index in [1.807, 2.05) is 23.1 Å².